The van der Waals surface area contributed by atoms with Crippen LogP contribution in [0.4, 0.5) is 4.39 Å². The summed E-state index contributed by atoms with van der Waals surface area (Å²) in [5.74, 6) is -1.80. The average molecular weight is 312 g/mol. The van der Waals surface area contributed by atoms with Gasteiger partial charge in [-0.05, 0) is 18.7 Å². The molecule has 0 heterocycles. The Morgan fingerprint density at radius 3 is 2.59 bits per heavy atom. The van der Waals surface area contributed by atoms with Crippen LogP contribution in [0.1, 0.15) is 24.2 Å². The number of likely N-dealkylation sites (N-methyl/N-ethyl adjacent to an activating group) is 2. The highest BCUT2D eigenvalue weighted by molar-refractivity contribution is 5.89. The van der Waals surface area contributed by atoms with Gasteiger partial charge < -0.3 is 14.7 Å². The predicted molar refractivity (Wildman–Crippen MR) is 78.6 cm³/mol. The third-order valence-electron chi connectivity index (χ3n) is 3.08. The third kappa shape index (κ3) is 5.09. The van der Waals surface area contributed by atoms with Crippen molar-refractivity contribution in [2.75, 3.05) is 20.1 Å². The molecule has 1 aromatic rings. The number of carbonyl (C=O) groups excluding carboxylic acids is 2. The van der Waals surface area contributed by atoms with Crippen LogP contribution in [0.15, 0.2) is 24.3 Å². The van der Waals surface area contributed by atoms with Gasteiger partial charge in [0.2, 0.25) is 5.91 Å². The first-order valence-corrected chi connectivity index (χ1v) is 6.95. The molecular formula is C15H21FN2O4. The number of carbonyl (C=O) groups is 2. The van der Waals surface area contributed by atoms with Crippen molar-refractivity contribution in [1.29, 1.82) is 0 Å². The molecule has 0 spiro atoms. The van der Waals surface area contributed by atoms with E-state index < -0.39 is 24.1 Å². The van der Waals surface area contributed by atoms with Gasteiger partial charge in [-0.25, -0.2) is 9.18 Å². The minimum atomic E-state index is -1.13. The monoisotopic (exact) mass is 312 g/mol. The normalized spacial score (nSPS) is 13.3. The molecule has 0 aromatic heterocycles. The molecule has 6 nitrogen and oxygen atoms in total. The standard InChI is InChI=1S/C15H21FN2O4/c1-4-17-14(13(20)9-18(3)10(2)19)22-15(21)11-7-5-6-8-12(11)16/h5-8,13-14,17,20H,4,9H2,1-3H3. The highest BCUT2D eigenvalue weighted by Gasteiger charge is 2.26. The Balaban J connectivity index is 2.77. The fraction of sp³-hybridized carbons (Fsp3) is 0.467. The number of rotatable bonds is 7. The van der Waals surface area contributed by atoms with Crippen molar-refractivity contribution in [3.05, 3.63) is 35.6 Å². The summed E-state index contributed by atoms with van der Waals surface area (Å²) in [5.41, 5.74) is -0.211. The van der Waals surface area contributed by atoms with E-state index in [1.165, 1.54) is 37.1 Å². The van der Waals surface area contributed by atoms with Crippen LogP contribution < -0.4 is 5.32 Å². The second kappa shape index (κ2) is 8.45. The zero-order valence-electron chi connectivity index (χ0n) is 12.9. The fourth-order valence-corrected chi connectivity index (χ4v) is 1.77. The second-order valence-corrected chi connectivity index (χ2v) is 4.83. The maximum atomic E-state index is 13.6. The Bertz CT molecular complexity index is 524. The van der Waals surface area contributed by atoms with Crippen molar-refractivity contribution in [1.82, 2.24) is 10.2 Å². The molecule has 0 saturated carbocycles. The van der Waals surface area contributed by atoms with Crippen LogP contribution in [-0.2, 0) is 9.53 Å². The number of esters is 1. The summed E-state index contributed by atoms with van der Waals surface area (Å²) in [6.45, 7) is 3.54. The molecule has 1 rings (SSSR count). The highest BCUT2D eigenvalue weighted by atomic mass is 19.1. The molecule has 22 heavy (non-hydrogen) atoms. The van der Waals surface area contributed by atoms with Crippen molar-refractivity contribution in [3.63, 3.8) is 0 Å². The summed E-state index contributed by atoms with van der Waals surface area (Å²) < 4.78 is 18.7. The first kappa shape index (κ1) is 18.1. The van der Waals surface area contributed by atoms with E-state index in [4.69, 9.17) is 4.74 Å². The number of amides is 1. The van der Waals surface area contributed by atoms with Crippen LogP contribution in [0, 0.1) is 5.82 Å². The van der Waals surface area contributed by atoms with Crippen LogP contribution in [0.2, 0.25) is 0 Å². The molecule has 122 valence electrons. The van der Waals surface area contributed by atoms with Crippen LogP contribution in [0.3, 0.4) is 0 Å². The molecule has 0 bridgehead atoms. The number of nitrogens with one attached hydrogen (secondary N) is 1. The van der Waals surface area contributed by atoms with Gasteiger partial charge in [0.25, 0.3) is 0 Å². The molecule has 2 N–H and O–H groups in total. The average Bonchev–Trinajstić information content (AvgIpc) is 2.46. The molecule has 0 aliphatic rings. The van der Waals surface area contributed by atoms with Gasteiger partial charge >= 0.3 is 5.97 Å². The molecule has 0 aliphatic carbocycles. The Morgan fingerprint density at radius 1 is 1.41 bits per heavy atom. The van der Waals surface area contributed by atoms with Crippen molar-refractivity contribution in [2.45, 2.75) is 26.2 Å². The van der Waals surface area contributed by atoms with E-state index in [1.54, 1.807) is 6.92 Å². The van der Waals surface area contributed by atoms with Gasteiger partial charge in [-0.3, -0.25) is 10.1 Å². The van der Waals surface area contributed by atoms with E-state index in [9.17, 15) is 19.1 Å². The minimum Gasteiger partial charge on any atom is -0.440 e. The van der Waals surface area contributed by atoms with Gasteiger partial charge in [0.15, 0.2) is 6.23 Å². The van der Waals surface area contributed by atoms with Gasteiger partial charge in [-0.1, -0.05) is 19.1 Å². The van der Waals surface area contributed by atoms with Gasteiger partial charge in [0, 0.05) is 14.0 Å². The van der Waals surface area contributed by atoms with Crippen LogP contribution in [-0.4, -0.2) is 54.4 Å². The first-order valence-electron chi connectivity index (χ1n) is 6.95. The van der Waals surface area contributed by atoms with E-state index in [0.29, 0.717) is 6.54 Å². The second-order valence-electron chi connectivity index (χ2n) is 4.83. The molecule has 0 fully saturated rings. The lowest BCUT2D eigenvalue weighted by atomic mass is 10.2. The number of aliphatic hydroxyl groups is 1. The number of halogens is 1. The number of aliphatic hydroxyl groups excluding tert-OH is 1. The van der Waals surface area contributed by atoms with Gasteiger partial charge in [-0.2, -0.15) is 0 Å². The fourth-order valence-electron chi connectivity index (χ4n) is 1.77. The van der Waals surface area contributed by atoms with E-state index in [2.05, 4.69) is 5.32 Å². The van der Waals surface area contributed by atoms with E-state index in [-0.39, 0.29) is 18.0 Å². The lowest BCUT2D eigenvalue weighted by molar-refractivity contribution is -0.130. The van der Waals surface area contributed by atoms with Crippen molar-refractivity contribution < 1.29 is 23.8 Å². The summed E-state index contributed by atoms with van der Waals surface area (Å²) in [7, 11) is 1.52. The topological polar surface area (TPSA) is 78.9 Å². The van der Waals surface area contributed by atoms with Crippen LogP contribution >= 0.6 is 0 Å². The summed E-state index contributed by atoms with van der Waals surface area (Å²) in [4.78, 5) is 24.5. The van der Waals surface area contributed by atoms with Crippen LogP contribution in [0.5, 0.6) is 0 Å². The maximum absolute atomic E-state index is 13.6. The summed E-state index contributed by atoms with van der Waals surface area (Å²) >= 11 is 0. The molecular weight excluding hydrogens is 291 g/mol. The van der Waals surface area contributed by atoms with Gasteiger partial charge in [0.1, 0.15) is 11.9 Å². The first-order chi connectivity index (χ1) is 10.4. The Hall–Kier alpha value is -1.99. The van der Waals surface area contributed by atoms with E-state index in [0.717, 1.165) is 6.07 Å². The van der Waals surface area contributed by atoms with E-state index >= 15 is 0 Å². The molecule has 0 radical (unpaired) electrons. The molecule has 1 aromatic carbocycles. The number of ether oxygens (including phenoxy) is 1. The smallest absolute Gasteiger partial charge is 0.342 e. The van der Waals surface area contributed by atoms with Gasteiger partial charge in [-0.15, -0.1) is 0 Å². The molecule has 0 saturated heterocycles. The quantitative estimate of drug-likeness (QED) is 0.574. The van der Waals surface area contributed by atoms with Crippen molar-refractivity contribution >= 4 is 11.9 Å². The van der Waals surface area contributed by atoms with Crippen molar-refractivity contribution in [2.24, 2.45) is 0 Å². The summed E-state index contributed by atoms with van der Waals surface area (Å²) in [6.07, 6.45) is -2.18. The lowest BCUT2D eigenvalue weighted by Crippen LogP contribution is -2.48. The summed E-state index contributed by atoms with van der Waals surface area (Å²) in [5, 5.41) is 12.9. The van der Waals surface area contributed by atoms with Gasteiger partial charge in [0.05, 0.1) is 12.1 Å². The minimum absolute atomic E-state index is 0.0163. The van der Waals surface area contributed by atoms with Crippen LogP contribution in [0.25, 0.3) is 0 Å². The number of hydrogen-bond donors (Lipinski definition) is 2. The molecule has 7 heteroatoms. The third-order valence-corrected chi connectivity index (χ3v) is 3.08. The molecule has 2 unspecified atom stereocenters. The number of hydrogen-bond acceptors (Lipinski definition) is 5. The maximum Gasteiger partial charge on any atom is 0.342 e. The zero-order valence-corrected chi connectivity index (χ0v) is 12.9. The lowest BCUT2D eigenvalue weighted by Gasteiger charge is -2.27. The number of benzene rings is 1. The molecule has 0 aliphatic heterocycles. The highest BCUT2D eigenvalue weighted by Crippen LogP contribution is 2.10. The Kier molecular flexibility index (Phi) is 6.94. The molecule has 1 amide bonds. The SMILES string of the molecule is CCNC(OC(=O)c1ccccc1F)C(O)CN(C)C(C)=O. The predicted octanol–water partition coefficient (Wildman–Crippen LogP) is 0.757. The zero-order chi connectivity index (χ0) is 16.7. The summed E-state index contributed by atoms with van der Waals surface area (Å²) in [6, 6.07) is 5.43. The molecule has 2 atom stereocenters. The number of nitrogens with zero attached hydrogens (tertiary/aromatic N) is 1. The van der Waals surface area contributed by atoms with Crippen molar-refractivity contribution in [3.8, 4) is 0 Å². The van der Waals surface area contributed by atoms with E-state index in [1.807, 2.05) is 0 Å². The largest absolute Gasteiger partial charge is 0.440 e. The Morgan fingerprint density at radius 2 is 2.05 bits per heavy atom. The Labute approximate surface area is 128 Å².